The molecule has 0 fully saturated rings. The molecule has 0 saturated carbocycles. The molecular weight excluding hydrogens is 417 g/mol. The van der Waals surface area contributed by atoms with Gasteiger partial charge in [0.25, 0.3) is 0 Å². The van der Waals surface area contributed by atoms with Crippen molar-refractivity contribution < 1.29 is 18.4 Å². The molecule has 7 heteroatoms. The van der Waals surface area contributed by atoms with Gasteiger partial charge in [-0.3, -0.25) is 9.59 Å². The molecule has 0 heterocycles. The summed E-state index contributed by atoms with van der Waals surface area (Å²) in [6.45, 7) is 7.38. The Hall–Kier alpha value is -1.25. The third kappa shape index (κ3) is 6.04. The first-order valence-electron chi connectivity index (χ1n) is 7.36. The Balaban J connectivity index is 2.85. The molecule has 2 N–H and O–H groups in total. The van der Waals surface area contributed by atoms with Crippen LogP contribution in [0, 0.1) is 27.0 Å². The number of rotatable bonds is 6. The van der Waals surface area contributed by atoms with Crippen molar-refractivity contribution in [3.63, 3.8) is 0 Å². The predicted octanol–water partition coefficient (Wildman–Crippen LogP) is 3.69. The zero-order valence-corrected chi connectivity index (χ0v) is 15.7. The van der Waals surface area contributed by atoms with Gasteiger partial charge in [-0.05, 0) is 46.6 Å². The lowest BCUT2D eigenvalue weighted by Gasteiger charge is -2.22. The first-order valence-corrected chi connectivity index (χ1v) is 8.44. The summed E-state index contributed by atoms with van der Waals surface area (Å²) in [5, 5.41) is 5.12. The summed E-state index contributed by atoms with van der Waals surface area (Å²) >= 11 is 1.55. The third-order valence-electron chi connectivity index (χ3n) is 3.11. The number of carbonyl (C=O) groups excluding carboxylic acids is 2. The Morgan fingerprint density at radius 2 is 1.65 bits per heavy atom. The Morgan fingerprint density at radius 3 is 2.09 bits per heavy atom. The van der Waals surface area contributed by atoms with Crippen molar-refractivity contribution in [2.45, 2.75) is 40.2 Å². The van der Waals surface area contributed by atoms with E-state index >= 15 is 0 Å². The number of benzene rings is 1. The zero-order chi connectivity index (χ0) is 17.7. The highest BCUT2D eigenvalue weighted by atomic mass is 127. The Morgan fingerprint density at radius 1 is 1.13 bits per heavy atom. The molecule has 4 nitrogen and oxygen atoms in total. The second kappa shape index (κ2) is 8.56. The van der Waals surface area contributed by atoms with E-state index in [9.17, 15) is 18.4 Å². The summed E-state index contributed by atoms with van der Waals surface area (Å²) in [5.74, 6) is -2.21. The average Bonchev–Trinajstić information content (AvgIpc) is 2.40. The fourth-order valence-electron chi connectivity index (χ4n) is 1.99. The van der Waals surface area contributed by atoms with Gasteiger partial charge < -0.3 is 10.6 Å². The highest BCUT2D eigenvalue weighted by molar-refractivity contribution is 14.1. The van der Waals surface area contributed by atoms with E-state index in [0.29, 0.717) is 6.42 Å². The van der Waals surface area contributed by atoms with Gasteiger partial charge in [-0.1, -0.05) is 27.7 Å². The smallest absolute Gasteiger partial charge is 0.247 e. The fraction of sp³-hybridized carbons (Fsp3) is 0.500. The molecule has 0 aliphatic carbocycles. The lowest BCUT2D eigenvalue weighted by Crippen LogP contribution is -2.47. The molecule has 0 saturated heterocycles. The normalized spacial score (nSPS) is 12.4. The van der Waals surface area contributed by atoms with Crippen LogP contribution in [0.15, 0.2) is 12.1 Å². The molecule has 0 bridgehead atoms. The maximum Gasteiger partial charge on any atom is 0.247 e. The Bertz CT molecular complexity index is 568. The van der Waals surface area contributed by atoms with Crippen molar-refractivity contribution in [2.24, 2.45) is 11.8 Å². The molecule has 1 aromatic rings. The van der Waals surface area contributed by atoms with Gasteiger partial charge in [0.2, 0.25) is 11.8 Å². The highest BCUT2D eigenvalue weighted by Gasteiger charge is 2.25. The van der Waals surface area contributed by atoms with E-state index in [1.165, 1.54) is 0 Å². The predicted molar refractivity (Wildman–Crippen MR) is 93.9 cm³/mol. The molecule has 0 radical (unpaired) electrons. The monoisotopic (exact) mass is 438 g/mol. The van der Waals surface area contributed by atoms with Gasteiger partial charge in [0.1, 0.15) is 17.7 Å². The van der Waals surface area contributed by atoms with Crippen LogP contribution in [0.5, 0.6) is 0 Å². The van der Waals surface area contributed by atoms with Crippen molar-refractivity contribution >= 4 is 40.1 Å². The molecule has 1 aromatic carbocycles. The molecule has 2 amide bonds. The first-order chi connectivity index (χ1) is 10.6. The molecule has 1 atom stereocenters. The van der Waals surface area contributed by atoms with Crippen LogP contribution in [0.4, 0.5) is 14.5 Å². The zero-order valence-electron chi connectivity index (χ0n) is 13.5. The first kappa shape index (κ1) is 19.8. The molecule has 0 aromatic heterocycles. The summed E-state index contributed by atoms with van der Waals surface area (Å²) in [6, 6.07) is 1.33. The topological polar surface area (TPSA) is 58.2 Å². The van der Waals surface area contributed by atoms with E-state index in [4.69, 9.17) is 0 Å². The third-order valence-corrected chi connectivity index (χ3v) is 4.14. The van der Waals surface area contributed by atoms with Gasteiger partial charge in [0, 0.05) is 12.1 Å². The van der Waals surface area contributed by atoms with Crippen molar-refractivity contribution in [1.82, 2.24) is 5.32 Å². The van der Waals surface area contributed by atoms with Crippen LogP contribution in [-0.4, -0.2) is 17.9 Å². The summed E-state index contributed by atoms with van der Waals surface area (Å²) in [7, 11) is 0. The molecule has 128 valence electrons. The van der Waals surface area contributed by atoms with Gasteiger partial charge in [-0.2, -0.15) is 0 Å². The van der Waals surface area contributed by atoms with Crippen LogP contribution >= 0.6 is 22.6 Å². The number of hydrogen-bond acceptors (Lipinski definition) is 2. The van der Waals surface area contributed by atoms with Crippen LogP contribution in [0.2, 0.25) is 0 Å². The Labute approximate surface area is 148 Å². The Kier molecular flexibility index (Phi) is 7.37. The largest absolute Gasteiger partial charge is 0.344 e. The minimum absolute atomic E-state index is 0.0224. The van der Waals surface area contributed by atoms with Gasteiger partial charge in [0.15, 0.2) is 0 Å². The maximum absolute atomic E-state index is 13.5. The summed E-state index contributed by atoms with van der Waals surface area (Å²) < 4.78 is 26.9. The van der Waals surface area contributed by atoms with E-state index < -0.39 is 23.6 Å². The van der Waals surface area contributed by atoms with Crippen molar-refractivity contribution in [3.8, 4) is 0 Å². The van der Waals surface area contributed by atoms with Crippen molar-refractivity contribution in [3.05, 3.63) is 27.3 Å². The minimum atomic E-state index is -0.772. The molecule has 0 spiro atoms. The van der Waals surface area contributed by atoms with Crippen molar-refractivity contribution in [1.29, 1.82) is 0 Å². The standard InChI is InChI=1S/C16H21F2IN2O2/c1-8(2)5-13(22)21-15(9(3)4)16(23)20-10-6-11(17)14(19)12(18)7-10/h6-9,15H,5H2,1-4H3,(H,20,23)(H,21,22). The molecular formula is C16H21F2IN2O2. The number of hydrogen-bond donors (Lipinski definition) is 2. The van der Waals surface area contributed by atoms with Crippen LogP contribution in [0.1, 0.15) is 34.1 Å². The number of halogens is 3. The molecule has 1 rings (SSSR count). The van der Waals surface area contributed by atoms with E-state index in [2.05, 4.69) is 10.6 Å². The molecule has 0 aliphatic rings. The maximum atomic E-state index is 13.5. The second-order valence-electron chi connectivity index (χ2n) is 6.13. The number of carbonyl (C=O) groups is 2. The SMILES string of the molecule is CC(C)CC(=O)NC(C(=O)Nc1cc(F)c(I)c(F)c1)C(C)C. The van der Waals surface area contributed by atoms with Crippen LogP contribution in [0.25, 0.3) is 0 Å². The van der Waals surface area contributed by atoms with Crippen LogP contribution in [-0.2, 0) is 9.59 Å². The van der Waals surface area contributed by atoms with Gasteiger partial charge >= 0.3 is 0 Å². The van der Waals surface area contributed by atoms with E-state index in [-0.39, 0.29) is 27.0 Å². The van der Waals surface area contributed by atoms with E-state index in [0.717, 1.165) is 12.1 Å². The lowest BCUT2D eigenvalue weighted by molar-refractivity contribution is -0.127. The summed E-state index contributed by atoms with van der Waals surface area (Å²) in [4.78, 5) is 24.2. The van der Waals surface area contributed by atoms with Gasteiger partial charge in [0.05, 0.1) is 3.57 Å². The minimum Gasteiger partial charge on any atom is -0.344 e. The highest BCUT2D eigenvalue weighted by Crippen LogP contribution is 2.21. The van der Waals surface area contributed by atoms with Crippen LogP contribution in [0.3, 0.4) is 0 Å². The number of amides is 2. The molecule has 1 unspecified atom stereocenters. The molecule has 23 heavy (non-hydrogen) atoms. The summed E-state index contributed by atoms with van der Waals surface area (Å²) in [6.07, 6.45) is 0.309. The van der Waals surface area contributed by atoms with E-state index in [1.54, 1.807) is 36.4 Å². The van der Waals surface area contributed by atoms with Gasteiger partial charge in [-0.15, -0.1) is 0 Å². The number of nitrogens with one attached hydrogen (secondary N) is 2. The van der Waals surface area contributed by atoms with Crippen molar-refractivity contribution in [2.75, 3.05) is 5.32 Å². The fourth-order valence-corrected chi connectivity index (χ4v) is 2.30. The second-order valence-corrected chi connectivity index (χ2v) is 7.21. The van der Waals surface area contributed by atoms with Crippen LogP contribution < -0.4 is 10.6 Å². The quantitative estimate of drug-likeness (QED) is 0.526. The average molecular weight is 438 g/mol. The number of anilines is 1. The van der Waals surface area contributed by atoms with Gasteiger partial charge in [-0.25, -0.2) is 8.78 Å². The molecule has 0 aliphatic heterocycles. The van der Waals surface area contributed by atoms with E-state index in [1.807, 2.05) is 13.8 Å². The lowest BCUT2D eigenvalue weighted by atomic mass is 10.0. The summed E-state index contributed by atoms with van der Waals surface area (Å²) in [5.41, 5.74) is 0.0224.